The van der Waals surface area contributed by atoms with E-state index in [9.17, 15) is 4.79 Å². The number of rotatable bonds is 7. The third kappa shape index (κ3) is 5.03. The third-order valence-electron chi connectivity index (χ3n) is 5.26. The molecule has 6 nitrogen and oxygen atoms in total. The van der Waals surface area contributed by atoms with Crippen LogP contribution in [0.3, 0.4) is 0 Å². The number of ether oxygens (including phenoxy) is 2. The molecule has 0 spiro atoms. The van der Waals surface area contributed by atoms with Gasteiger partial charge in [-0.05, 0) is 48.5 Å². The lowest BCUT2D eigenvalue weighted by Crippen LogP contribution is -3.15. The molecule has 1 saturated heterocycles. The predicted octanol–water partition coefficient (Wildman–Crippen LogP) is 1.15. The summed E-state index contributed by atoms with van der Waals surface area (Å²) in [6.07, 6.45) is 0. The largest absolute Gasteiger partial charge is 0.497 e. The Bertz CT molecular complexity index is 754. The van der Waals surface area contributed by atoms with Gasteiger partial charge in [0.15, 0.2) is 0 Å². The van der Waals surface area contributed by atoms with Gasteiger partial charge in [0.2, 0.25) is 0 Å². The van der Waals surface area contributed by atoms with Crippen LogP contribution in [0.1, 0.15) is 22.0 Å². The Morgan fingerprint density at radius 2 is 1.75 bits per heavy atom. The van der Waals surface area contributed by atoms with Gasteiger partial charge in [-0.1, -0.05) is 0 Å². The molecule has 150 valence electrons. The minimum Gasteiger partial charge on any atom is -0.497 e. The molecule has 0 radical (unpaired) electrons. The molecule has 1 amide bonds. The van der Waals surface area contributed by atoms with Gasteiger partial charge in [-0.3, -0.25) is 4.79 Å². The van der Waals surface area contributed by atoms with Crippen LogP contribution in [0.2, 0.25) is 0 Å². The van der Waals surface area contributed by atoms with E-state index in [1.807, 2.05) is 55.4 Å². The number of amides is 1. The van der Waals surface area contributed by atoms with Crippen LogP contribution in [0.5, 0.6) is 5.75 Å². The van der Waals surface area contributed by atoms with Crippen molar-refractivity contribution in [1.29, 1.82) is 0 Å². The van der Waals surface area contributed by atoms with Crippen molar-refractivity contribution >= 4 is 11.6 Å². The number of nitrogens with one attached hydrogen (secondary N) is 2. The zero-order valence-corrected chi connectivity index (χ0v) is 16.9. The molecule has 0 unspecified atom stereocenters. The first-order chi connectivity index (χ1) is 13.6. The number of morpholine rings is 1. The Labute approximate surface area is 167 Å². The molecule has 0 aromatic heterocycles. The van der Waals surface area contributed by atoms with E-state index in [0.29, 0.717) is 12.1 Å². The van der Waals surface area contributed by atoms with E-state index in [1.165, 1.54) is 10.5 Å². The van der Waals surface area contributed by atoms with Crippen LogP contribution in [0.15, 0.2) is 48.5 Å². The van der Waals surface area contributed by atoms with Crippen molar-refractivity contribution < 1.29 is 19.2 Å². The minimum atomic E-state index is -0.0449. The number of hydrogen-bond acceptors (Lipinski definition) is 4. The summed E-state index contributed by atoms with van der Waals surface area (Å²) in [4.78, 5) is 16.1. The van der Waals surface area contributed by atoms with Crippen molar-refractivity contribution in [1.82, 2.24) is 5.32 Å². The third-order valence-corrected chi connectivity index (χ3v) is 5.26. The van der Waals surface area contributed by atoms with Crippen molar-refractivity contribution in [2.45, 2.75) is 6.04 Å². The molecule has 1 fully saturated rings. The van der Waals surface area contributed by atoms with E-state index < -0.39 is 0 Å². The molecule has 1 heterocycles. The lowest BCUT2D eigenvalue weighted by Gasteiger charge is -2.32. The Hall–Kier alpha value is -2.57. The highest BCUT2D eigenvalue weighted by molar-refractivity contribution is 5.94. The predicted molar refractivity (Wildman–Crippen MR) is 110 cm³/mol. The van der Waals surface area contributed by atoms with E-state index in [1.54, 1.807) is 7.11 Å². The second-order valence-electron chi connectivity index (χ2n) is 7.25. The smallest absolute Gasteiger partial charge is 0.251 e. The van der Waals surface area contributed by atoms with E-state index in [2.05, 4.69) is 17.4 Å². The molecule has 28 heavy (non-hydrogen) atoms. The van der Waals surface area contributed by atoms with Gasteiger partial charge in [-0.15, -0.1) is 0 Å². The number of nitrogens with zero attached hydrogens (tertiary/aromatic N) is 1. The van der Waals surface area contributed by atoms with Crippen LogP contribution < -0.4 is 19.9 Å². The standard InChI is InChI=1S/C22H29N3O3/c1-24(2)19-8-4-18(5-9-19)22(26)23-16-21(25-12-14-28-15-13-25)17-6-10-20(27-3)11-7-17/h4-11,21H,12-16H2,1-3H3,(H,23,26)/p+1/t21-/m0/s1. The highest BCUT2D eigenvalue weighted by Crippen LogP contribution is 2.16. The topological polar surface area (TPSA) is 55.2 Å². The summed E-state index contributed by atoms with van der Waals surface area (Å²) in [7, 11) is 5.64. The van der Waals surface area contributed by atoms with Crippen LogP contribution in [0.4, 0.5) is 5.69 Å². The molecular weight excluding hydrogens is 354 g/mol. The molecule has 2 N–H and O–H groups in total. The second-order valence-corrected chi connectivity index (χ2v) is 7.25. The monoisotopic (exact) mass is 384 g/mol. The minimum absolute atomic E-state index is 0.0449. The number of carbonyl (C=O) groups is 1. The van der Waals surface area contributed by atoms with Gasteiger partial charge in [0.1, 0.15) is 24.9 Å². The van der Waals surface area contributed by atoms with Crippen LogP contribution in [-0.4, -0.2) is 60.0 Å². The highest BCUT2D eigenvalue weighted by atomic mass is 16.5. The Balaban J connectivity index is 1.70. The second kappa shape index (κ2) is 9.57. The van der Waals surface area contributed by atoms with Gasteiger partial charge in [-0.25, -0.2) is 0 Å². The normalized spacial score (nSPS) is 15.7. The quantitative estimate of drug-likeness (QED) is 0.752. The number of carbonyl (C=O) groups excluding carboxylic acids is 1. The molecule has 2 aromatic carbocycles. The fourth-order valence-corrected chi connectivity index (χ4v) is 3.52. The number of methoxy groups -OCH3 is 1. The van der Waals surface area contributed by atoms with Gasteiger partial charge in [0.25, 0.3) is 5.91 Å². The van der Waals surface area contributed by atoms with Gasteiger partial charge in [0.05, 0.1) is 26.9 Å². The Morgan fingerprint density at radius 1 is 1.11 bits per heavy atom. The average Bonchev–Trinajstić information content (AvgIpc) is 2.75. The maximum Gasteiger partial charge on any atom is 0.251 e. The fraction of sp³-hybridized carbons (Fsp3) is 0.409. The van der Waals surface area contributed by atoms with Crippen LogP contribution >= 0.6 is 0 Å². The van der Waals surface area contributed by atoms with Crippen molar-refractivity contribution in [3.63, 3.8) is 0 Å². The lowest BCUT2D eigenvalue weighted by atomic mass is 10.0. The molecule has 0 saturated carbocycles. The van der Waals surface area contributed by atoms with Crippen LogP contribution in [0.25, 0.3) is 0 Å². The summed E-state index contributed by atoms with van der Waals surface area (Å²) in [5.41, 5.74) is 2.95. The zero-order valence-electron chi connectivity index (χ0n) is 16.9. The first-order valence-electron chi connectivity index (χ1n) is 9.70. The Kier molecular flexibility index (Phi) is 6.90. The van der Waals surface area contributed by atoms with Gasteiger partial charge < -0.3 is 24.6 Å². The number of hydrogen-bond donors (Lipinski definition) is 2. The fourth-order valence-electron chi connectivity index (χ4n) is 3.52. The maximum atomic E-state index is 12.7. The number of benzene rings is 2. The van der Waals surface area contributed by atoms with Gasteiger partial charge in [-0.2, -0.15) is 0 Å². The summed E-state index contributed by atoms with van der Waals surface area (Å²) in [5.74, 6) is 0.793. The lowest BCUT2D eigenvalue weighted by molar-refractivity contribution is -0.937. The number of anilines is 1. The first-order valence-corrected chi connectivity index (χ1v) is 9.70. The average molecular weight is 385 g/mol. The summed E-state index contributed by atoms with van der Waals surface area (Å²) in [6, 6.07) is 16.0. The Morgan fingerprint density at radius 3 is 2.32 bits per heavy atom. The van der Waals surface area contributed by atoms with Crippen molar-refractivity contribution in [3.8, 4) is 5.75 Å². The molecule has 0 aliphatic carbocycles. The molecule has 1 aliphatic heterocycles. The summed E-state index contributed by atoms with van der Waals surface area (Å²) in [5, 5.41) is 3.13. The highest BCUT2D eigenvalue weighted by Gasteiger charge is 2.27. The zero-order chi connectivity index (χ0) is 19.9. The molecular formula is C22H30N3O3+. The summed E-state index contributed by atoms with van der Waals surface area (Å²) < 4.78 is 10.8. The van der Waals surface area contributed by atoms with Gasteiger partial charge >= 0.3 is 0 Å². The molecule has 0 bridgehead atoms. The maximum absolute atomic E-state index is 12.7. The van der Waals surface area contributed by atoms with Crippen molar-refractivity contribution in [2.24, 2.45) is 0 Å². The summed E-state index contributed by atoms with van der Waals surface area (Å²) in [6.45, 7) is 3.95. The SMILES string of the molecule is COc1ccc([C@H](CNC(=O)c2ccc(N(C)C)cc2)[NH+]2CCOCC2)cc1. The van der Waals surface area contributed by atoms with Crippen molar-refractivity contribution in [3.05, 3.63) is 59.7 Å². The molecule has 1 aliphatic rings. The molecule has 2 aromatic rings. The van der Waals surface area contributed by atoms with Crippen molar-refractivity contribution in [2.75, 3.05) is 59.0 Å². The number of quaternary nitrogens is 1. The molecule has 3 rings (SSSR count). The molecule has 6 heteroatoms. The molecule has 1 atom stereocenters. The van der Waals surface area contributed by atoms with Crippen LogP contribution in [0, 0.1) is 0 Å². The van der Waals surface area contributed by atoms with Crippen LogP contribution in [-0.2, 0) is 4.74 Å². The van der Waals surface area contributed by atoms with Gasteiger partial charge in [0, 0.05) is 30.9 Å². The van der Waals surface area contributed by atoms with E-state index in [0.717, 1.165) is 37.7 Å². The van der Waals surface area contributed by atoms with E-state index in [4.69, 9.17) is 9.47 Å². The van der Waals surface area contributed by atoms with E-state index in [-0.39, 0.29) is 11.9 Å². The summed E-state index contributed by atoms with van der Waals surface area (Å²) >= 11 is 0. The van der Waals surface area contributed by atoms with E-state index >= 15 is 0 Å². The first kappa shape index (κ1) is 20.2.